The van der Waals surface area contributed by atoms with E-state index in [4.69, 9.17) is 5.11 Å². The Morgan fingerprint density at radius 3 is 2.83 bits per heavy atom. The molecule has 0 saturated heterocycles. The highest BCUT2D eigenvalue weighted by Gasteiger charge is 2.34. The number of hydrogen-bond donors (Lipinski definition) is 2. The van der Waals surface area contributed by atoms with Gasteiger partial charge in [0.1, 0.15) is 5.00 Å². The summed E-state index contributed by atoms with van der Waals surface area (Å²) in [5.74, 6) is 0.254. The largest absolute Gasteiger partial charge is 0.478 e. The van der Waals surface area contributed by atoms with E-state index in [0.29, 0.717) is 16.8 Å². The Kier molecular flexibility index (Phi) is 3.56. The maximum atomic E-state index is 11.9. The van der Waals surface area contributed by atoms with E-state index in [1.807, 2.05) is 0 Å². The Morgan fingerprint density at radius 1 is 1.61 bits per heavy atom. The third-order valence-electron chi connectivity index (χ3n) is 3.25. The smallest absolute Gasteiger partial charge is 0.338 e. The number of nitrogens with zero attached hydrogens (tertiary/aromatic N) is 1. The van der Waals surface area contributed by atoms with Crippen molar-refractivity contribution in [2.45, 2.75) is 13.3 Å². The summed E-state index contributed by atoms with van der Waals surface area (Å²) in [6.07, 6.45) is 1.16. The molecule has 0 aromatic carbocycles. The first-order valence-corrected chi connectivity index (χ1v) is 6.70. The molecule has 1 heterocycles. The molecular weight excluding hydrogens is 252 g/mol. The summed E-state index contributed by atoms with van der Waals surface area (Å²) in [5, 5.41) is 13.6. The van der Waals surface area contributed by atoms with E-state index in [1.54, 1.807) is 17.3 Å². The van der Waals surface area contributed by atoms with E-state index in [0.717, 1.165) is 13.0 Å². The molecule has 0 bridgehead atoms. The number of carboxylic acid groups (broad SMARTS) is 1. The third kappa shape index (κ3) is 2.81. The van der Waals surface area contributed by atoms with Crippen LogP contribution in [0, 0.1) is 11.8 Å². The predicted octanol–water partition coefficient (Wildman–Crippen LogP) is 2.57. The minimum Gasteiger partial charge on any atom is -0.478 e. The van der Waals surface area contributed by atoms with Crippen LogP contribution in [0.15, 0.2) is 11.4 Å². The molecule has 6 heteroatoms. The standard InChI is InChI=1S/C12H16N2O3S/c1-7-5-8(7)6-14(2)12(17)13-10-9(11(15)16)3-4-18-10/h3-4,7-8H,5-6H2,1-2H3,(H,13,17)(H,15,16). The fraction of sp³-hybridized carbons (Fsp3) is 0.500. The molecule has 5 nitrogen and oxygen atoms in total. The molecule has 1 saturated carbocycles. The molecule has 2 unspecified atom stereocenters. The number of carbonyl (C=O) groups is 2. The molecule has 1 aromatic rings. The van der Waals surface area contributed by atoms with Gasteiger partial charge in [-0.25, -0.2) is 9.59 Å². The summed E-state index contributed by atoms with van der Waals surface area (Å²) in [6.45, 7) is 2.89. The molecular formula is C12H16N2O3S. The molecule has 0 aliphatic heterocycles. The molecule has 1 fully saturated rings. The van der Waals surface area contributed by atoms with Crippen molar-refractivity contribution >= 4 is 28.3 Å². The maximum Gasteiger partial charge on any atom is 0.338 e. The fourth-order valence-corrected chi connectivity index (χ4v) is 2.62. The second-order valence-electron chi connectivity index (χ2n) is 4.75. The Bertz CT molecular complexity index is 472. The van der Waals surface area contributed by atoms with Gasteiger partial charge in [0.2, 0.25) is 0 Å². The molecule has 2 N–H and O–H groups in total. The number of carbonyl (C=O) groups excluding carboxylic acids is 1. The number of hydrogen-bond acceptors (Lipinski definition) is 3. The number of amides is 2. The van der Waals surface area contributed by atoms with Gasteiger partial charge in [0, 0.05) is 13.6 Å². The Balaban J connectivity index is 1.93. The molecule has 0 radical (unpaired) electrons. The third-order valence-corrected chi connectivity index (χ3v) is 4.08. The minimum absolute atomic E-state index is 0.140. The summed E-state index contributed by atoms with van der Waals surface area (Å²) < 4.78 is 0. The summed E-state index contributed by atoms with van der Waals surface area (Å²) in [6, 6.07) is 1.24. The second kappa shape index (κ2) is 4.97. The van der Waals surface area contributed by atoms with Gasteiger partial charge in [-0.15, -0.1) is 11.3 Å². The van der Waals surface area contributed by atoms with Gasteiger partial charge in [-0.05, 0) is 29.7 Å². The summed E-state index contributed by atoms with van der Waals surface area (Å²) in [5.41, 5.74) is 0.140. The number of urea groups is 1. The van der Waals surface area contributed by atoms with Gasteiger partial charge in [-0.2, -0.15) is 0 Å². The number of aromatic carboxylic acids is 1. The zero-order valence-corrected chi connectivity index (χ0v) is 11.2. The van der Waals surface area contributed by atoms with E-state index >= 15 is 0 Å². The first-order valence-electron chi connectivity index (χ1n) is 5.82. The van der Waals surface area contributed by atoms with Crippen molar-refractivity contribution in [2.75, 3.05) is 18.9 Å². The first-order chi connectivity index (χ1) is 8.49. The van der Waals surface area contributed by atoms with Gasteiger partial charge in [0.15, 0.2) is 0 Å². The zero-order valence-electron chi connectivity index (χ0n) is 10.3. The van der Waals surface area contributed by atoms with Crippen molar-refractivity contribution in [1.82, 2.24) is 4.90 Å². The van der Waals surface area contributed by atoms with Crippen LogP contribution >= 0.6 is 11.3 Å². The van der Waals surface area contributed by atoms with Crippen molar-refractivity contribution in [3.05, 3.63) is 17.0 Å². The van der Waals surface area contributed by atoms with Crippen molar-refractivity contribution in [3.8, 4) is 0 Å². The maximum absolute atomic E-state index is 11.9. The highest BCUT2D eigenvalue weighted by atomic mass is 32.1. The van der Waals surface area contributed by atoms with E-state index in [1.165, 1.54) is 17.4 Å². The average Bonchev–Trinajstić information content (AvgIpc) is 2.79. The summed E-state index contributed by atoms with van der Waals surface area (Å²) in [7, 11) is 1.73. The number of rotatable bonds is 4. The lowest BCUT2D eigenvalue weighted by atomic mass is 10.3. The predicted molar refractivity (Wildman–Crippen MR) is 70.2 cm³/mol. The van der Waals surface area contributed by atoms with Crippen LogP contribution in [0.25, 0.3) is 0 Å². The zero-order chi connectivity index (χ0) is 13.3. The van der Waals surface area contributed by atoms with Crippen molar-refractivity contribution in [2.24, 2.45) is 11.8 Å². The number of thiophene rings is 1. The van der Waals surface area contributed by atoms with Gasteiger partial charge in [-0.1, -0.05) is 6.92 Å². The highest BCUT2D eigenvalue weighted by Crippen LogP contribution is 2.38. The van der Waals surface area contributed by atoms with Crippen LogP contribution in [-0.4, -0.2) is 35.6 Å². The minimum atomic E-state index is -1.02. The van der Waals surface area contributed by atoms with Crippen LogP contribution < -0.4 is 5.32 Å². The quantitative estimate of drug-likeness (QED) is 0.881. The van der Waals surface area contributed by atoms with E-state index in [2.05, 4.69) is 12.2 Å². The average molecular weight is 268 g/mol. The van der Waals surface area contributed by atoms with Gasteiger partial charge < -0.3 is 10.0 Å². The molecule has 0 spiro atoms. The number of anilines is 1. The van der Waals surface area contributed by atoms with Gasteiger partial charge in [-0.3, -0.25) is 5.32 Å². The lowest BCUT2D eigenvalue weighted by Gasteiger charge is -2.17. The first kappa shape index (κ1) is 12.9. The molecule has 2 amide bonds. The monoisotopic (exact) mass is 268 g/mol. The van der Waals surface area contributed by atoms with E-state index in [9.17, 15) is 9.59 Å². The lowest BCUT2D eigenvalue weighted by Crippen LogP contribution is -2.33. The summed E-state index contributed by atoms with van der Waals surface area (Å²) >= 11 is 1.22. The SMILES string of the molecule is CC1CC1CN(C)C(=O)Nc1sccc1C(=O)O. The fourth-order valence-electron chi connectivity index (χ4n) is 1.86. The topological polar surface area (TPSA) is 69.6 Å². The molecule has 98 valence electrons. The number of carboxylic acids is 1. The second-order valence-corrected chi connectivity index (χ2v) is 5.67. The lowest BCUT2D eigenvalue weighted by molar-refractivity contribution is 0.0698. The Morgan fingerprint density at radius 2 is 2.28 bits per heavy atom. The van der Waals surface area contributed by atoms with Crippen LogP contribution in [0.2, 0.25) is 0 Å². The molecule has 1 aromatic heterocycles. The Labute approximate surface area is 109 Å². The van der Waals surface area contributed by atoms with Crippen LogP contribution in [0.5, 0.6) is 0 Å². The van der Waals surface area contributed by atoms with Crippen molar-refractivity contribution in [1.29, 1.82) is 0 Å². The van der Waals surface area contributed by atoms with Crippen molar-refractivity contribution < 1.29 is 14.7 Å². The van der Waals surface area contributed by atoms with E-state index < -0.39 is 5.97 Å². The molecule has 18 heavy (non-hydrogen) atoms. The van der Waals surface area contributed by atoms with Crippen molar-refractivity contribution in [3.63, 3.8) is 0 Å². The summed E-state index contributed by atoms with van der Waals surface area (Å²) in [4.78, 5) is 24.4. The normalized spacial score (nSPS) is 21.4. The van der Waals surface area contributed by atoms with Crippen LogP contribution in [0.4, 0.5) is 9.80 Å². The van der Waals surface area contributed by atoms with Gasteiger partial charge >= 0.3 is 12.0 Å². The van der Waals surface area contributed by atoms with Crippen LogP contribution in [0.1, 0.15) is 23.7 Å². The van der Waals surface area contributed by atoms with Crippen LogP contribution in [0.3, 0.4) is 0 Å². The molecule has 1 aliphatic rings. The molecule has 1 aliphatic carbocycles. The van der Waals surface area contributed by atoms with Crippen LogP contribution in [-0.2, 0) is 0 Å². The number of nitrogens with one attached hydrogen (secondary N) is 1. The van der Waals surface area contributed by atoms with Gasteiger partial charge in [0.05, 0.1) is 5.56 Å². The Hall–Kier alpha value is -1.56. The van der Waals surface area contributed by atoms with Gasteiger partial charge in [0.25, 0.3) is 0 Å². The molecule has 2 atom stereocenters. The highest BCUT2D eigenvalue weighted by molar-refractivity contribution is 7.14. The van der Waals surface area contributed by atoms with E-state index in [-0.39, 0.29) is 11.6 Å². The molecule has 2 rings (SSSR count).